The van der Waals surface area contributed by atoms with Gasteiger partial charge in [0.25, 0.3) is 0 Å². The zero-order valence-corrected chi connectivity index (χ0v) is 16.0. The zero-order valence-electron chi connectivity index (χ0n) is 16.0. The second-order valence-electron chi connectivity index (χ2n) is 7.87. The number of hydrogen-bond donors (Lipinski definition) is 1. The van der Waals surface area contributed by atoms with Gasteiger partial charge in [-0.3, -0.25) is 9.20 Å². The summed E-state index contributed by atoms with van der Waals surface area (Å²) < 4.78 is 2.05. The lowest BCUT2D eigenvalue weighted by atomic mass is 10.0. The fourth-order valence-electron chi connectivity index (χ4n) is 3.27. The second-order valence-corrected chi connectivity index (χ2v) is 7.87. The first kappa shape index (κ1) is 17.7. The number of benzene rings is 1. The van der Waals surface area contributed by atoms with Crippen molar-refractivity contribution >= 4 is 17.2 Å². The Kier molecular flexibility index (Phi) is 4.92. The smallest absolute Gasteiger partial charge is 0.180 e. The summed E-state index contributed by atoms with van der Waals surface area (Å²) in [5.41, 5.74) is 3.67. The molecule has 1 aliphatic carbocycles. The molecule has 1 aromatic carbocycles. The van der Waals surface area contributed by atoms with Crippen molar-refractivity contribution in [2.45, 2.75) is 39.5 Å². The number of imidazole rings is 1. The first-order valence-electron chi connectivity index (χ1n) is 9.81. The molecule has 0 aliphatic heterocycles. The van der Waals surface area contributed by atoms with Crippen molar-refractivity contribution in [3.8, 4) is 11.3 Å². The van der Waals surface area contributed by atoms with Crippen LogP contribution in [0, 0.1) is 11.8 Å². The number of rotatable bonds is 8. The van der Waals surface area contributed by atoms with Crippen molar-refractivity contribution in [1.82, 2.24) is 14.4 Å². The Balaban J connectivity index is 1.55. The van der Waals surface area contributed by atoms with E-state index in [1.807, 2.05) is 41.1 Å². The molecular formula is C22H26N4O. The van der Waals surface area contributed by atoms with E-state index in [2.05, 4.69) is 29.1 Å². The summed E-state index contributed by atoms with van der Waals surface area (Å²) in [6, 6.07) is 7.89. The van der Waals surface area contributed by atoms with Gasteiger partial charge in [0.15, 0.2) is 17.2 Å². The van der Waals surface area contributed by atoms with Crippen LogP contribution in [0.1, 0.15) is 49.9 Å². The van der Waals surface area contributed by atoms with E-state index in [0.29, 0.717) is 18.3 Å². The molecule has 0 radical (unpaired) electrons. The van der Waals surface area contributed by atoms with Crippen LogP contribution in [0.3, 0.4) is 0 Å². The summed E-state index contributed by atoms with van der Waals surface area (Å²) in [5.74, 6) is 2.32. The molecule has 1 N–H and O–H groups in total. The molecule has 3 aromatic rings. The van der Waals surface area contributed by atoms with Gasteiger partial charge < -0.3 is 5.32 Å². The third-order valence-corrected chi connectivity index (χ3v) is 5.12. The van der Waals surface area contributed by atoms with Crippen molar-refractivity contribution in [3.05, 3.63) is 48.4 Å². The minimum atomic E-state index is 0.253. The number of nitrogens with one attached hydrogen (secondary N) is 1. The van der Waals surface area contributed by atoms with E-state index in [9.17, 15) is 4.79 Å². The lowest BCUT2D eigenvalue weighted by Gasteiger charge is -2.09. The summed E-state index contributed by atoms with van der Waals surface area (Å²) in [6.07, 6.45) is 9.77. The van der Waals surface area contributed by atoms with Crippen molar-refractivity contribution < 1.29 is 4.79 Å². The molecule has 0 spiro atoms. The average molecular weight is 362 g/mol. The Morgan fingerprint density at radius 2 is 2.00 bits per heavy atom. The fraction of sp³-hybridized carbons (Fsp3) is 0.409. The molecule has 0 unspecified atom stereocenters. The Labute approximate surface area is 159 Å². The average Bonchev–Trinajstić information content (AvgIpc) is 3.37. The Bertz CT molecular complexity index is 939. The second kappa shape index (κ2) is 7.51. The monoisotopic (exact) mass is 362 g/mol. The maximum absolute atomic E-state index is 12.3. The minimum Gasteiger partial charge on any atom is -0.367 e. The van der Waals surface area contributed by atoms with Crippen molar-refractivity contribution in [1.29, 1.82) is 0 Å². The predicted octanol–water partition coefficient (Wildman–Crippen LogP) is 4.84. The van der Waals surface area contributed by atoms with Gasteiger partial charge in [-0.1, -0.05) is 38.1 Å². The summed E-state index contributed by atoms with van der Waals surface area (Å²) in [6.45, 7) is 5.30. The van der Waals surface area contributed by atoms with Crippen LogP contribution < -0.4 is 5.32 Å². The van der Waals surface area contributed by atoms with Gasteiger partial charge in [0.05, 0.1) is 11.9 Å². The quantitative estimate of drug-likeness (QED) is 0.583. The van der Waals surface area contributed by atoms with E-state index in [-0.39, 0.29) is 5.78 Å². The summed E-state index contributed by atoms with van der Waals surface area (Å²) >= 11 is 0. The van der Waals surface area contributed by atoms with Crippen LogP contribution in [0.25, 0.3) is 16.9 Å². The predicted molar refractivity (Wildman–Crippen MR) is 108 cm³/mol. The highest BCUT2D eigenvalue weighted by atomic mass is 16.1. The highest BCUT2D eigenvalue weighted by Gasteiger charge is 2.24. The maximum atomic E-state index is 12.3. The van der Waals surface area contributed by atoms with Crippen molar-refractivity contribution in [2.24, 2.45) is 11.8 Å². The van der Waals surface area contributed by atoms with Crippen molar-refractivity contribution in [2.75, 3.05) is 11.9 Å². The van der Waals surface area contributed by atoms with Crippen LogP contribution in [-0.2, 0) is 0 Å². The summed E-state index contributed by atoms with van der Waals surface area (Å²) in [4.78, 5) is 21.3. The van der Waals surface area contributed by atoms with Gasteiger partial charge in [-0.25, -0.2) is 9.97 Å². The summed E-state index contributed by atoms with van der Waals surface area (Å²) in [5, 5.41) is 3.39. The Morgan fingerprint density at radius 3 is 2.70 bits per heavy atom. The number of Topliss-reactive ketones (excluding diaryl/α,β-unsaturated/α-hetero) is 1. The van der Waals surface area contributed by atoms with Gasteiger partial charge in [-0.05, 0) is 31.1 Å². The van der Waals surface area contributed by atoms with Crippen LogP contribution in [-0.4, -0.2) is 26.7 Å². The number of aromatic nitrogens is 3. The van der Waals surface area contributed by atoms with E-state index in [0.717, 1.165) is 41.3 Å². The highest BCUT2D eigenvalue weighted by molar-refractivity contribution is 5.96. The molecule has 1 aliphatic rings. The van der Waals surface area contributed by atoms with E-state index >= 15 is 0 Å². The Hall–Kier alpha value is -2.69. The maximum Gasteiger partial charge on any atom is 0.180 e. The largest absolute Gasteiger partial charge is 0.367 e. The molecule has 0 amide bonds. The van der Waals surface area contributed by atoms with E-state index in [1.54, 1.807) is 6.20 Å². The minimum absolute atomic E-state index is 0.253. The van der Waals surface area contributed by atoms with Crippen LogP contribution in [0.5, 0.6) is 0 Å². The molecule has 2 heterocycles. The molecule has 5 heteroatoms. The van der Waals surface area contributed by atoms with Crippen LogP contribution >= 0.6 is 0 Å². The number of ketones is 1. The molecule has 0 saturated heterocycles. The standard InChI is InChI=1S/C22H26N4O/c1-15(2)9-10-23-21-22-25-14-19(26(22)12-11-24-21)17-5-7-18(8-6-17)20(27)13-16-3-4-16/h5-8,11-12,14-16H,3-4,9-10,13H2,1-2H3,(H,23,24). The van der Waals surface area contributed by atoms with Gasteiger partial charge >= 0.3 is 0 Å². The highest BCUT2D eigenvalue weighted by Crippen LogP contribution is 2.33. The third kappa shape index (κ3) is 4.02. The molecule has 1 saturated carbocycles. The molecular weight excluding hydrogens is 336 g/mol. The zero-order chi connectivity index (χ0) is 18.8. The molecule has 1 fully saturated rings. The Morgan fingerprint density at radius 1 is 1.22 bits per heavy atom. The number of carbonyl (C=O) groups is 1. The van der Waals surface area contributed by atoms with Gasteiger partial charge in [-0.2, -0.15) is 0 Å². The van der Waals surface area contributed by atoms with Gasteiger partial charge in [0, 0.05) is 36.5 Å². The number of carbonyl (C=O) groups excluding carboxylic acids is 1. The molecule has 5 nitrogen and oxygen atoms in total. The van der Waals surface area contributed by atoms with Crippen LogP contribution in [0.2, 0.25) is 0 Å². The van der Waals surface area contributed by atoms with E-state index in [1.165, 1.54) is 12.8 Å². The number of fused-ring (bicyclic) bond motifs is 1. The first-order chi connectivity index (χ1) is 13.1. The van der Waals surface area contributed by atoms with Crippen LogP contribution in [0.4, 0.5) is 5.82 Å². The van der Waals surface area contributed by atoms with Gasteiger partial charge in [-0.15, -0.1) is 0 Å². The van der Waals surface area contributed by atoms with Gasteiger partial charge in [0.2, 0.25) is 0 Å². The number of hydrogen-bond acceptors (Lipinski definition) is 4. The molecule has 0 atom stereocenters. The normalized spacial score (nSPS) is 14.0. The topological polar surface area (TPSA) is 59.3 Å². The van der Waals surface area contributed by atoms with Crippen LogP contribution in [0.15, 0.2) is 42.9 Å². The molecule has 0 bridgehead atoms. The molecule has 2 aromatic heterocycles. The fourth-order valence-corrected chi connectivity index (χ4v) is 3.27. The van der Waals surface area contributed by atoms with E-state index in [4.69, 9.17) is 0 Å². The first-order valence-corrected chi connectivity index (χ1v) is 9.81. The molecule has 140 valence electrons. The van der Waals surface area contributed by atoms with Crippen molar-refractivity contribution in [3.63, 3.8) is 0 Å². The molecule has 4 rings (SSSR count). The number of anilines is 1. The lowest BCUT2D eigenvalue weighted by molar-refractivity contribution is 0.0976. The lowest BCUT2D eigenvalue weighted by Crippen LogP contribution is -2.07. The van der Waals surface area contributed by atoms with E-state index < -0.39 is 0 Å². The van der Waals surface area contributed by atoms with Gasteiger partial charge in [0.1, 0.15) is 0 Å². The molecule has 27 heavy (non-hydrogen) atoms. The third-order valence-electron chi connectivity index (χ3n) is 5.12. The number of nitrogens with zero attached hydrogens (tertiary/aromatic N) is 3. The summed E-state index contributed by atoms with van der Waals surface area (Å²) in [7, 11) is 0. The SMILES string of the molecule is CC(C)CCNc1nccn2c(-c3ccc(C(=O)CC4CC4)cc3)cnc12.